The number of aryl methyl sites for hydroxylation is 2. The highest BCUT2D eigenvalue weighted by molar-refractivity contribution is 9.09. The zero-order chi connectivity index (χ0) is 15.3. The maximum absolute atomic E-state index is 12.2. The van der Waals surface area contributed by atoms with Gasteiger partial charge in [-0.05, 0) is 36.6 Å². The Morgan fingerprint density at radius 3 is 2.38 bits per heavy atom. The van der Waals surface area contributed by atoms with Gasteiger partial charge in [-0.15, -0.1) is 0 Å². The lowest BCUT2D eigenvalue weighted by Gasteiger charge is -2.08. The van der Waals surface area contributed by atoms with Gasteiger partial charge in [0.2, 0.25) is 10.0 Å². The van der Waals surface area contributed by atoms with Crippen molar-refractivity contribution < 1.29 is 8.42 Å². The fourth-order valence-electron chi connectivity index (χ4n) is 2.03. The Morgan fingerprint density at radius 2 is 1.76 bits per heavy atom. The van der Waals surface area contributed by atoms with E-state index < -0.39 is 10.0 Å². The highest BCUT2D eigenvalue weighted by Gasteiger charge is 2.13. The molecule has 0 saturated carbocycles. The van der Waals surface area contributed by atoms with E-state index in [1.807, 2.05) is 43.3 Å². The SMILES string of the molecule is Cc1cccc(CNS(=O)(=O)c2ccc(CCBr)cc2)c1. The van der Waals surface area contributed by atoms with Gasteiger partial charge in [-0.2, -0.15) is 0 Å². The van der Waals surface area contributed by atoms with E-state index in [1.165, 1.54) is 0 Å². The molecule has 0 unspecified atom stereocenters. The molecular formula is C16H18BrNO2S. The standard InChI is InChI=1S/C16H18BrNO2S/c1-13-3-2-4-15(11-13)12-18-21(19,20)16-7-5-14(6-8-16)9-10-17/h2-8,11,18H,9-10,12H2,1H3. The summed E-state index contributed by atoms with van der Waals surface area (Å²) in [7, 11) is -3.46. The molecule has 0 radical (unpaired) electrons. The van der Waals surface area contributed by atoms with Crippen LogP contribution in [0.3, 0.4) is 0 Å². The second-order valence-electron chi connectivity index (χ2n) is 4.90. The number of alkyl halides is 1. The van der Waals surface area contributed by atoms with E-state index in [9.17, 15) is 8.42 Å². The average Bonchev–Trinajstić information content (AvgIpc) is 2.46. The summed E-state index contributed by atoms with van der Waals surface area (Å²) >= 11 is 3.37. The largest absolute Gasteiger partial charge is 0.240 e. The number of benzene rings is 2. The third-order valence-corrected chi connectivity index (χ3v) is 4.98. The molecule has 0 aliphatic heterocycles. The van der Waals surface area contributed by atoms with Crippen LogP contribution in [-0.4, -0.2) is 13.7 Å². The number of rotatable bonds is 6. The number of halogens is 1. The summed E-state index contributed by atoms with van der Waals surface area (Å²) in [5.74, 6) is 0. The lowest BCUT2D eigenvalue weighted by molar-refractivity contribution is 0.581. The Balaban J connectivity index is 2.07. The van der Waals surface area contributed by atoms with Crippen LogP contribution in [0.2, 0.25) is 0 Å². The number of sulfonamides is 1. The first-order valence-electron chi connectivity index (χ1n) is 6.71. The first-order chi connectivity index (χ1) is 10.0. The summed E-state index contributed by atoms with van der Waals surface area (Å²) in [6.07, 6.45) is 0.886. The summed E-state index contributed by atoms with van der Waals surface area (Å²) in [6, 6.07) is 14.8. The van der Waals surface area contributed by atoms with Gasteiger partial charge >= 0.3 is 0 Å². The lowest BCUT2D eigenvalue weighted by atomic mass is 10.1. The van der Waals surface area contributed by atoms with Crippen LogP contribution in [0.25, 0.3) is 0 Å². The van der Waals surface area contributed by atoms with Crippen molar-refractivity contribution >= 4 is 26.0 Å². The first kappa shape index (κ1) is 16.2. The molecule has 0 heterocycles. The summed E-state index contributed by atoms with van der Waals surface area (Å²) in [5.41, 5.74) is 3.19. The molecule has 0 bridgehead atoms. The molecule has 0 saturated heterocycles. The minimum absolute atomic E-state index is 0.299. The van der Waals surface area contributed by atoms with Gasteiger partial charge in [0.15, 0.2) is 0 Å². The number of nitrogens with one attached hydrogen (secondary N) is 1. The molecule has 2 aromatic rings. The summed E-state index contributed by atoms with van der Waals surface area (Å²) in [4.78, 5) is 0.300. The van der Waals surface area contributed by atoms with Gasteiger partial charge in [-0.25, -0.2) is 13.1 Å². The van der Waals surface area contributed by atoms with Crippen molar-refractivity contribution in [2.45, 2.75) is 24.8 Å². The van der Waals surface area contributed by atoms with E-state index in [4.69, 9.17) is 0 Å². The smallest absolute Gasteiger partial charge is 0.207 e. The topological polar surface area (TPSA) is 46.2 Å². The summed E-state index contributed by atoms with van der Waals surface area (Å²) < 4.78 is 27.1. The minimum atomic E-state index is -3.46. The molecule has 0 aliphatic rings. The van der Waals surface area contributed by atoms with Crippen LogP contribution in [0.5, 0.6) is 0 Å². The minimum Gasteiger partial charge on any atom is -0.207 e. The summed E-state index contributed by atoms with van der Waals surface area (Å²) in [5, 5.41) is 0.866. The normalized spacial score (nSPS) is 11.5. The zero-order valence-electron chi connectivity index (χ0n) is 11.8. The zero-order valence-corrected chi connectivity index (χ0v) is 14.2. The fourth-order valence-corrected chi connectivity index (χ4v) is 3.50. The Morgan fingerprint density at radius 1 is 1.05 bits per heavy atom. The molecule has 5 heteroatoms. The van der Waals surface area contributed by atoms with E-state index in [-0.39, 0.29) is 0 Å². The predicted molar refractivity (Wildman–Crippen MR) is 89.1 cm³/mol. The Bertz CT molecular complexity index is 696. The van der Waals surface area contributed by atoms with Crippen molar-refractivity contribution in [2.24, 2.45) is 0 Å². The highest BCUT2D eigenvalue weighted by Crippen LogP contribution is 2.12. The van der Waals surface area contributed by atoms with Gasteiger partial charge < -0.3 is 0 Å². The van der Waals surface area contributed by atoms with Crippen LogP contribution >= 0.6 is 15.9 Å². The average molecular weight is 368 g/mol. The molecule has 2 rings (SSSR count). The van der Waals surface area contributed by atoms with E-state index in [1.54, 1.807) is 12.1 Å². The maximum Gasteiger partial charge on any atom is 0.240 e. The molecule has 2 aromatic carbocycles. The van der Waals surface area contributed by atoms with Crippen molar-refractivity contribution in [3.8, 4) is 0 Å². The second-order valence-corrected chi connectivity index (χ2v) is 7.46. The number of hydrogen-bond acceptors (Lipinski definition) is 2. The second kappa shape index (κ2) is 7.20. The van der Waals surface area contributed by atoms with Crippen LogP contribution in [0.4, 0.5) is 0 Å². The third-order valence-electron chi connectivity index (χ3n) is 3.17. The summed E-state index contributed by atoms with van der Waals surface area (Å²) in [6.45, 7) is 2.29. The Hall–Kier alpha value is -1.17. The van der Waals surface area contributed by atoms with Gasteiger partial charge in [0.1, 0.15) is 0 Å². The van der Waals surface area contributed by atoms with E-state index in [0.717, 1.165) is 28.4 Å². The van der Waals surface area contributed by atoms with Crippen molar-refractivity contribution in [3.05, 3.63) is 65.2 Å². The third kappa shape index (κ3) is 4.66. The molecule has 3 nitrogen and oxygen atoms in total. The van der Waals surface area contributed by atoms with Crippen LogP contribution in [0.15, 0.2) is 53.4 Å². The molecule has 1 N–H and O–H groups in total. The monoisotopic (exact) mass is 367 g/mol. The molecular weight excluding hydrogens is 350 g/mol. The highest BCUT2D eigenvalue weighted by atomic mass is 79.9. The molecule has 0 aliphatic carbocycles. The van der Waals surface area contributed by atoms with Crippen LogP contribution in [-0.2, 0) is 23.0 Å². The first-order valence-corrected chi connectivity index (χ1v) is 9.32. The van der Waals surface area contributed by atoms with Gasteiger partial charge in [0.05, 0.1) is 4.90 Å². The van der Waals surface area contributed by atoms with Crippen LogP contribution in [0, 0.1) is 6.92 Å². The number of hydrogen-bond donors (Lipinski definition) is 1. The van der Waals surface area contributed by atoms with Crippen molar-refractivity contribution in [3.63, 3.8) is 0 Å². The molecule has 0 aromatic heterocycles. The predicted octanol–water partition coefficient (Wildman–Crippen LogP) is 3.41. The van der Waals surface area contributed by atoms with Gasteiger partial charge in [0.25, 0.3) is 0 Å². The lowest BCUT2D eigenvalue weighted by Crippen LogP contribution is -2.23. The van der Waals surface area contributed by atoms with Crippen LogP contribution in [0.1, 0.15) is 16.7 Å². The Kier molecular flexibility index (Phi) is 5.56. The van der Waals surface area contributed by atoms with Crippen LogP contribution < -0.4 is 4.72 Å². The van der Waals surface area contributed by atoms with E-state index in [0.29, 0.717) is 11.4 Å². The maximum atomic E-state index is 12.2. The molecule has 0 amide bonds. The Labute approximate surface area is 134 Å². The molecule has 112 valence electrons. The molecule has 21 heavy (non-hydrogen) atoms. The van der Waals surface area contributed by atoms with E-state index >= 15 is 0 Å². The molecule has 0 spiro atoms. The van der Waals surface area contributed by atoms with Crippen molar-refractivity contribution in [1.29, 1.82) is 0 Å². The molecule has 0 fully saturated rings. The molecule has 0 atom stereocenters. The van der Waals surface area contributed by atoms with Gasteiger partial charge in [0, 0.05) is 11.9 Å². The fraction of sp³-hybridized carbons (Fsp3) is 0.250. The van der Waals surface area contributed by atoms with Gasteiger partial charge in [-0.3, -0.25) is 0 Å². The van der Waals surface area contributed by atoms with Crippen molar-refractivity contribution in [2.75, 3.05) is 5.33 Å². The quantitative estimate of drug-likeness (QED) is 0.795. The van der Waals surface area contributed by atoms with Gasteiger partial charge in [-0.1, -0.05) is 57.9 Å². The van der Waals surface area contributed by atoms with Crippen molar-refractivity contribution in [1.82, 2.24) is 4.72 Å². The van der Waals surface area contributed by atoms with E-state index in [2.05, 4.69) is 20.7 Å².